The summed E-state index contributed by atoms with van der Waals surface area (Å²) in [6.07, 6.45) is 0.855. The molecule has 2 heterocycles. The second-order valence-corrected chi connectivity index (χ2v) is 5.22. The highest BCUT2D eigenvalue weighted by molar-refractivity contribution is 7.15. The van der Waals surface area contributed by atoms with E-state index in [1.807, 2.05) is 6.92 Å². The van der Waals surface area contributed by atoms with E-state index in [2.05, 4.69) is 20.4 Å². The van der Waals surface area contributed by atoms with Crippen LogP contribution in [0.25, 0.3) is 0 Å². The summed E-state index contributed by atoms with van der Waals surface area (Å²) >= 11 is 1.56. The molecule has 0 saturated carbocycles. The molecule has 0 aromatic carbocycles. The summed E-state index contributed by atoms with van der Waals surface area (Å²) < 4.78 is 0. The normalized spacial score (nSPS) is 20.6. The van der Waals surface area contributed by atoms with Crippen LogP contribution in [0.2, 0.25) is 0 Å². The van der Waals surface area contributed by atoms with E-state index in [0.717, 1.165) is 42.7 Å². The van der Waals surface area contributed by atoms with Crippen LogP contribution in [0.5, 0.6) is 0 Å². The lowest BCUT2D eigenvalue weighted by Crippen LogP contribution is -2.27. The molecule has 1 aromatic rings. The number of nitrogens with zero attached hydrogens (tertiary/aromatic N) is 3. The van der Waals surface area contributed by atoms with Crippen molar-refractivity contribution >= 4 is 22.4 Å². The van der Waals surface area contributed by atoms with Gasteiger partial charge in [-0.1, -0.05) is 11.3 Å². The fourth-order valence-electron chi connectivity index (χ4n) is 1.94. The molecule has 0 spiro atoms. The lowest BCUT2D eigenvalue weighted by molar-refractivity contribution is -0.121. The van der Waals surface area contributed by atoms with Crippen molar-refractivity contribution in [2.24, 2.45) is 11.7 Å². The molecule has 0 bridgehead atoms. The van der Waals surface area contributed by atoms with Gasteiger partial charge in [0.15, 0.2) is 0 Å². The summed E-state index contributed by atoms with van der Waals surface area (Å²) in [6, 6.07) is 0. The van der Waals surface area contributed by atoms with Gasteiger partial charge in [-0.3, -0.25) is 9.69 Å². The number of hydrogen-bond donors (Lipinski definition) is 2. The Bertz CT molecular complexity index is 394. The Morgan fingerprint density at radius 2 is 2.47 bits per heavy atom. The van der Waals surface area contributed by atoms with E-state index in [-0.39, 0.29) is 11.8 Å². The molecule has 1 aromatic heterocycles. The van der Waals surface area contributed by atoms with Crippen LogP contribution >= 0.6 is 11.3 Å². The monoisotopic (exact) mass is 255 g/mol. The summed E-state index contributed by atoms with van der Waals surface area (Å²) in [5.74, 6) is -0.200. The van der Waals surface area contributed by atoms with Gasteiger partial charge in [-0.05, 0) is 19.9 Å². The fourth-order valence-corrected chi connectivity index (χ4v) is 2.79. The minimum absolute atomic E-state index is 0.00356. The lowest BCUT2D eigenvalue weighted by Gasteiger charge is -2.12. The van der Waals surface area contributed by atoms with Gasteiger partial charge in [0.1, 0.15) is 5.01 Å². The Labute approximate surface area is 104 Å². The van der Waals surface area contributed by atoms with Crippen LogP contribution in [0.4, 0.5) is 5.13 Å². The Balaban J connectivity index is 1.86. The largest absolute Gasteiger partial charge is 0.369 e. The maximum atomic E-state index is 11.0. The number of aromatic nitrogens is 2. The van der Waals surface area contributed by atoms with Gasteiger partial charge < -0.3 is 11.1 Å². The second kappa shape index (κ2) is 5.42. The van der Waals surface area contributed by atoms with Crippen LogP contribution in [-0.2, 0) is 11.3 Å². The molecule has 3 N–H and O–H groups in total. The molecule has 0 aliphatic carbocycles. The highest BCUT2D eigenvalue weighted by atomic mass is 32.1. The van der Waals surface area contributed by atoms with Crippen molar-refractivity contribution in [3.05, 3.63) is 5.01 Å². The summed E-state index contributed by atoms with van der Waals surface area (Å²) in [5, 5.41) is 13.1. The third-order valence-corrected chi connectivity index (χ3v) is 3.69. The minimum Gasteiger partial charge on any atom is -0.369 e. The summed E-state index contributed by atoms with van der Waals surface area (Å²) in [7, 11) is 0. The predicted octanol–water partition coefficient (Wildman–Crippen LogP) is 0.277. The summed E-state index contributed by atoms with van der Waals surface area (Å²) in [6.45, 7) is 5.28. The zero-order valence-electron chi connectivity index (χ0n) is 9.85. The quantitative estimate of drug-likeness (QED) is 0.789. The Morgan fingerprint density at radius 1 is 1.65 bits per heavy atom. The van der Waals surface area contributed by atoms with E-state index in [9.17, 15) is 4.79 Å². The number of likely N-dealkylation sites (tertiary alicyclic amines) is 1. The average molecular weight is 255 g/mol. The van der Waals surface area contributed by atoms with E-state index in [0.29, 0.717) is 0 Å². The number of primary amides is 1. The number of rotatable bonds is 5. The van der Waals surface area contributed by atoms with Crippen LogP contribution in [0.15, 0.2) is 0 Å². The first kappa shape index (κ1) is 12.3. The van der Waals surface area contributed by atoms with E-state index in [4.69, 9.17) is 5.73 Å². The molecule has 0 radical (unpaired) electrons. The highest BCUT2D eigenvalue weighted by Gasteiger charge is 2.27. The summed E-state index contributed by atoms with van der Waals surface area (Å²) in [4.78, 5) is 13.2. The van der Waals surface area contributed by atoms with Crippen LogP contribution in [0.1, 0.15) is 18.4 Å². The fraction of sp³-hybridized carbons (Fsp3) is 0.700. The van der Waals surface area contributed by atoms with Crippen molar-refractivity contribution in [2.45, 2.75) is 19.9 Å². The van der Waals surface area contributed by atoms with Crippen molar-refractivity contribution in [1.29, 1.82) is 0 Å². The van der Waals surface area contributed by atoms with Crippen molar-refractivity contribution < 1.29 is 4.79 Å². The molecule has 1 amide bonds. The van der Waals surface area contributed by atoms with Gasteiger partial charge >= 0.3 is 0 Å². The van der Waals surface area contributed by atoms with E-state index < -0.39 is 0 Å². The van der Waals surface area contributed by atoms with Gasteiger partial charge in [0.05, 0.1) is 12.5 Å². The summed E-state index contributed by atoms with van der Waals surface area (Å²) in [5.41, 5.74) is 5.30. The number of amides is 1. The average Bonchev–Trinajstić information content (AvgIpc) is 2.89. The van der Waals surface area contributed by atoms with Crippen molar-refractivity contribution in [1.82, 2.24) is 15.1 Å². The highest BCUT2D eigenvalue weighted by Crippen LogP contribution is 2.21. The first-order valence-electron chi connectivity index (χ1n) is 5.77. The number of hydrogen-bond acceptors (Lipinski definition) is 6. The molecule has 1 aliphatic heterocycles. The predicted molar refractivity (Wildman–Crippen MR) is 66.7 cm³/mol. The lowest BCUT2D eigenvalue weighted by atomic mass is 10.1. The molecule has 1 unspecified atom stereocenters. The third-order valence-electron chi connectivity index (χ3n) is 2.83. The number of carbonyl (C=O) groups is 1. The molecule has 2 rings (SSSR count). The Hall–Kier alpha value is -1.21. The molecule has 17 heavy (non-hydrogen) atoms. The maximum absolute atomic E-state index is 11.0. The molecule has 6 nitrogen and oxygen atoms in total. The smallest absolute Gasteiger partial charge is 0.221 e. The molecule has 1 fully saturated rings. The number of nitrogens with two attached hydrogens (primary N) is 1. The van der Waals surface area contributed by atoms with E-state index in [1.54, 1.807) is 11.3 Å². The topological polar surface area (TPSA) is 84.1 Å². The SMILES string of the molecule is CCNc1nnc(CN2CCC(C(N)=O)C2)s1. The molecular formula is C10H17N5OS. The van der Waals surface area contributed by atoms with Crippen molar-refractivity contribution in [3.63, 3.8) is 0 Å². The first-order chi connectivity index (χ1) is 8.19. The van der Waals surface area contributed by atoms with Crippen molar-refractivity contribution in [2.75, 3.05) is 25.0 Å². The Morgan fingerprint density at radius 3 is 3.12 bits per heavy atom. The van der Waals surface area contributed by atoms with Crippen LogP contribution in [0, 0.1) is 5.92 Å². The van der Waals surface area contributed by atoms with E-state index in [1.165, 1.54) is 0 Å². The van der Waals surface area contributed by atoms with E-state index >= 15 is 0 Å². The van der Waals surface area contributed by atoms with Crippen LogP contribution in [0.3, 0.4) is 0 Å². The van der Waals surface area contributed by atoms with Crippen molar-refractivity contribution in [3.8, 4) is 0 Å². The standard InChI is InChI=1S/C10H17N5OS/c1-2-12-10-14-13-8(17-10)6-15-4-3-7(5-15)9(11)16/h7H,2-6H2,1H3,(H2,11,16)(H,12,14). The zero-order valence-corrected chi connectivity index (χ0v) is 10.7. The maximum Gasteiger partial charge on any atom is 0.221 e. The first-order valence-corrected chi connectivity index (χ1v) is 6.58. The van der Waals surface area contributed by atoms with Gasteiger partial charge in [-0.25, -0.2) is 0 Å². The molecule has 1 saturated heterocycles. The Kier molecular flexibility index (Phi) is 3.90. The second-order valence-electron chi connectivity index (χ2n) is 4.15. The van der Waals surface area contributed by atoms with Gasteiger partial charge in [0, 0.05) is 13.1 Å². The van der Waals surface area contributed by atoms with Crippen LogP contribution < -0.4 is 11.1 Å². The van der Waals surface area contributed by atoms with Crippen LogP contribution in [-0.4, -0.2) is 40.6 Å². The molecule has 94 valence electrons. The number of carbonyl (C=O) groups excluding carboxylic acids is 1. The molecule has 1 aliphatic rings. The van der Waals surface area contributed by atoms with Gasteiger partial charge in [0.25, 0.3) is 0 Å². The number of nitrogens with one attached hydrogen (secondary N) is 1. The molecule has 1 atom stereocenters. The minimum atomic E-state index is -0.196. The number of anilines is 1. The zero-order chi connectivity index (χ0) is 12.3. The van der Waals surface area contributed by atoms with Gasteiger partial charge in [0.2, 0.25) is 11.0 Å². The third kappa shape index (κ3) is 3.13. The molecular weight excluding hydrogens is 238 g/mol. The van der Waals surface area contributed by atoms with Gasteiger partial charge in [-0.15, -0.1) is 10.2 Å². The van der Waals surface area contributed by atoms with Gasteiger partial charge in [-0.2, -0.15) is 0 Å². The molecule has 7 heteroatoms.